The van der Waals surface area contributed by atoms with Crippen LogP contribution in [0.15, 0.2) is 4.99 Å². The lowest BCUT2D eigenvalue weighted by atomic mass is 10.1. The Morgan fingerprint density at radius 1 is 1.21 bits per heavy atom. The van der Waals surface area contributed by atoms with Crippen LogP contribution in [0.1, 0.15) is 46.5 Å². The minimum atomic E-state index is 0.744. The summed E-state index contributed by atoms with van der Waals surface area (Å²) in [5, 5.41) is 6.73. The molecule has 0 amide bonds. The highest BCUT2D eigenvalue weighted by Gasteiger charge is 2.21. The van der Waals surface area contributed by atoms with E-state index in [9.17, 15) is 0 Å². The third kappa shape index (κ3) is 6.81. The molecule has 0 aromatic carbocycles. The highest BCUT2D eigenvalue weighted by molar-refractivity contribution is 5.79. The summed E-state index contributed by atoms with van der Waals surface area (Å²) in [6, 6.07) is 0. The fourth-order valence-electron chi connectivity index (χ4n) is 2.53. The van der Waals surface area contributed by atoms with Crippen LogP contribution in [0.3, 0.4) is 0 Å². The largest absolute Gasteiger partial charge is 0.357 e. The lowest BCUT2D eigenvalue weighted by Gasteiger charge is -2.14. The van der Waals surface area contributed by atoms with Gasteiger partial charge in [0.1, 0.15) is 0 Å². The lowest BCUT2D eigenvalue weighted by Crippen LogP contribution is -2.38. The van der Waals surface area contributed by atoms with Gasteiger partial charge in [-0.2, -0.15) is 0 Å². The highest BCUT2D eigenvalue weighted by atomic mass is 15.2. The molecule has 1 rings (SSSR count). The molecule has 0 aliphatic carbocycles. The molecule has 0 aromatic heterocycles. The van der Waals surface area contributed by atoms with Gasteiger partial charge < -0.3 is 15.5 Å². The Morgan fingerprint density at radius 3 is 2.74 bits per heavy atom. The van der Waals surface area contributed by atoms with Crippen molar-refractivity contribution in [1.82, 2.24) is 15.5 Å². The zero-order valence-corrected chi connectivity index (χ0v) is 13.0. The number of rotatable bonds is 8. The Kier molecular flexibility index (Phi) is 8.63. The van der Waals surface area contributed by atoms with E-state index in [1.165, 1.54) is 45.3 Å². The normalized spacial score (nSPS) is 20.8. The van der Waals surface area contributed by atoms with Gasteiger partial charge in [0.2, 0.25) is 0 Å². The minimum absolute atomic E-state index is 0.744. The fourth-order valence-corrected chi connectivity index (χ4v) is 2.53. The van der Waals surface area contributed by atoms with Crippen LogP contribution >= 0.6 is 0 Å². The van der Waals surface area contributed by atoms with Crippen LogP contribution in [0.2, 0.25) is 0 Å². The summed E-state index contributed by atoms with van der Waals surface area (Å²) >= 11 is 0. The molecule has 1 atom stereocenters. The number of aliphatic imine (C=N–C) groups is 1. The average molecular weight is 268 g/mol. The van der Waals surface area contributed by atoms with E-state index in [0.717, 1.165) is 31.5 Å². The van der Waals surface area contributed by atoms with Crippen molar-refractivity contribution >= 4 is 5.96 Å². The molecule has 112 valence electrons. The molecule has 0 spiro atoms. The number of hydrogen-bond donors (Lipinski definition) is 2. The van der Waals surface area contributed by atoms with E-state index in [0.29, 0.717) is 0 Å². The summed E-state index contributed by atoms with van der Waals surface area (Å²) in [4.78, 5) is 7.30. The predicted octanol–water partition coefficient (Wildman–Crippen LogP) is 2.07. The number of nitrogens with zero attached hydrogens (tertiary/aromatic N) is 2. The molecule has 19 heavy (non-hydrogen) atoms. The Balaban J connectivity index is 2.29. The van der Waals surface area contributed by atoms with Crippen LogP contribution in [0.4, 0.5) is 0 Å². The van der Waals surface area contributed by atoms with Gasteiger partial charge in [0, 0.05) is 26.2 Å². The van der Waals surface area contributed by atoms with Crippen LogP contribution in [0.25, 0.3) is 0 Å². The molecule has 1 heterocycles. The average Bonchev–Trinajstić information content (AvgIpc) is 2.84. The molecule has 1 fully saturated rings. The first-order valence-electron chi connectivity index (χ1n) is 8.04. The minimum Gasteiger partial charge on any atom is -0.357 e. The fraction of sp³-hybridized carbons (Fsp3) is 0.933. The molecule has 0 bridgehead atoms. The van der Waals surface area contributed by atoms with E-state index in [1.54, 1.807) is 0 Å². The van der Waals surface area contributed by atoms with Crippen molar-refractivity contribution in [3.8, 4) is 0 Å². The number of likely N-dealkylation sites (tertiary alicyclic amines) is 1. The Labute approximate surface area is 119 Å². The molecule has 1 aliphatic heterocycles. The van der Waals surface area contributed by atoms with Crippen molar-refractivity contribution in [2.75, 3.05) is 39.3 Å². The van der Waals surface area contributed by atoms with Crippen molar-refractivity contribution in [3.63, 3.8) is 0 Å². The molecule has 1 aliphatic rings. The van der Waals surface area contributed by atoms with Gasteiger partial charge in [0.25, 0.3) is 0 Å². The molecule has 1 unspecified atom stereocenters. The molecule has 0 saturated carbocycles. The van der Waals surface area contributed by atoms with Gasteiger partial charge in [-0.1, -0.05) is 20.3 Å². The number of nitrogens with one attached hydrogen (secondary N) is 2. The van der Waals surface area contributed by atoms with Crippen molar-refractivity contribution in [3.05, 3.63) is 0 Å². The summed E-state index contributed by atoms with van der Waals surface area (Å²) in [7, 11) is 0. The molecular weight excluding hydrogens is 236 g/mol. The molecule has 0 aromatic rings. The topological polar surface area (TPSA) is 39.7 Å². The SMILES string of the molecule is CCCCNC(=NCC1CCN(CCC)C1)NCC. The van der Waals surface area contributed by atoms with Crippen LogP contribution in [0, 0.1) is 5.92 Å². The second-order valence-electron chi connectivity index (χ2n) is 5.46. The Morgan fingerprint density at radius 2 is 2.05 bits per heavy atom. The van der Waals surface area contributed by atoms with Crippen LogP contribution in [0.5, 0.6) is 0 Å². The third-order valence-electron chi connectivity index (χ3n) is 3.58. The van der Waals surface area contributed by atoms with Crippen molar-refractivity contribution in [1.29, 1.82) is 0 Å². The van der Waals surface area contributed by atoms with E-state index in [2.05, 4.69) is 36.3 Å². The van der Waals surface area contributed by atoms with Gasteiger partial charge in [-0.05, 0) is 45.2 Å². The van der Waals surface area contributed by atoms with Gasteiger partial charge in [0.15, 0.2) is 5.96 Å². The van der Waals surface area contributed by atoms with E-state index in [1.807, 2.05) is 0 Å². The van der Waals surface area contributed by atoms with Crippen LogP contribution < -0.4 is 10.6 Å². The van der Waals surface area contributed by atoms with Crippen molar-refractivity contribution < 1.29 is 0 Å². The first-order valence-corrected chi connectivity index (χ1v) is 8.04. The van der Waals surface area contributed by atoms with E-state index >= 15 is 0 Å². The summed E-state index contributed by atoms with van der Waals surface area (Å²) < 4.78 is 0. The van der Waals surface area contributed by atoms with E-state index in [-0.39, 0.29) is 0 Å². The monoisotopic (exact) mass is 268 g/mol. The first kappa shape index (κ1) is 16.3. The van der Waals surface area contributed by atoms with Crippen molar-refractivity contribution in [2.24, 2.45) is 10.9 Å². The molecule has 0 radical (unpaired) electrons. The van der Waals surface area contributed by atoms with Gasteiger partial charge in [-0.25, -0.2) is 0 Å². The maximum absolute atomic E-state index is 4.73. The second kappa shape index (κ2) is 10.1. The first-order chi connectivity index (χ1) is 9.30. The second-order valence-corrected chi connectivity index (χ2v) is 5.46. The Hall–Kier alpha value is -0.770. The summed E-state index contributed by atoms with van der Waals surface area (Å²) in [6.45, 7) is 13.2. The van der Waals surface area contributed by atoms with Crippen molar-refractivity contribution in [2.45, 2.75) is 46.5 Å². The molecule has 1 saturated heterocycles. The lowest BCUT2D eigenvalue weighted by molar-refractivity contribution is 0.326. The maximum atomic E-state index is 4.73. The Bertz CT molecular complexity index is 253. The summed E-state index contributed by atoms with van der Waals surface area (Å²) in [6.07, 6.45) is 4.99. The number of hydrogen-bond acceptors (Lipinski definition) is 2. The molecule has 2 N–H and O–H groups in total. The van der Waals surface area contributed by atoms with Gasteiger partial charge >= 0.3 is 0 Å². The number of unbranched alkanes of at least 4 members (excludes halogenated alkanes) is 1. The van der Waals surface area contributed by atoms with E-state index < -0.39 is 0 Å². The predicted molar refractivity (Wildman–Crippen MR) is 83.7 cm³/mol. The van der Waals surface area contributed by atoms with Gasteiger partial charge in [0.05, 0.1) is 0 Å². The zero-order valence-electron chi connectivity index (χ0n) is 13.0. The quantitative estimate of drug-likeness (QED) is 0.402. The van der Waals surface area contributed by atoms with Crippen LogP contribution in [-0.2, 0) is 0 Å². The number of guanidine groups is 1. The standard InChI is InChI=1S/C15H32N4/c1-4-7-9-17-15(16-6-3)18-12-14-8-11-19(13-14)10-5-2/h14H,4-13H2,1-3H3,(H2,16,17,18). The summed E-state index contributed by atoms with van der Waals surface area (Å²) in [5.74, 6) is 1.73. The zero-order chi connectivity index (χ0) is 13.9. The third-order valence-corrected chi connectivity index (χ3v) is 3.58. The van der Waals surface area contributed by atoms with Gasteiger partial charge in [-0.3, -0.25) is 4.99 Å². The van der Waals surface area contributed by atoms with Crippen LogP contribution in [-0.4, -0.2) is 50.1 Å². The maximum Gasteiger partial charge on any atom is 0.191 e. The molecular formula is C15H32N4. The molecule has 4 heteroatoms. The van der Waals surface area contributed by atoms with E-state index in [4.69, 9.17) is 4.99 Å². The smallest absolute Gasteiger partial charge is 0.191 e. The molecule has 4 nitrogen and oxygen atoms in total. The summed E-state index contributed by atoms with van der Waals surface area (Å²) in [5.41, 5.74) is 0. The van der Waals surface area contributed by atoms with Gasteiger partial charge in [-0.15, -0.1) is 0 Å². The highest BCUT2D eigenvalue weighted by Crippen LogP contribution is 2.16.